The number of amides is 2. The van der Waals surface area contributed by atoms with E-state index in [4.69, 9.17) is 0 Å². The zero-order valence-corrected chi connectivity index (χ0v) is 55.9. The monoisotopic (exact) mass is 1250 g/mol. The standard InChI is InChI=1S/C18H29N.C12H15N.C10H14.C9H18N2O.C9H13N.C8H12N2.C8H16.8CH4/c1-18(2,3)12-9-16-10-13-19(14-11-16)15-17-7-5-4-6-8-17;1-12(2,3)10-5-4-6-11-9(10)7-8-13-11;1-10(2,3)9-7-5-4-6-8-9;1-9(2,3)4-6-11-7-5-10-8(11)12;1-9(2,3)8-4-6-10-7-5-8;1-8(2,3)7-9-5-4-6-10-7;1-8(2,3)6-7-4-5-7;;;;;;;;/h4-8,16H,9-15H2,1-3H3;4-8,13H,1-3H3;4-8H,1-3H3;4-7H2,1-3H3,(H,10,12);4-7H,1-3H3;4-6H,1-3H3;7H,4-6H2,1-3H3;8*1H4. The summed E-state index contributed by atoms with van der Waals surface area (Å²) < 4.78 is 0. The number of benzene rings is 3. The summed E-state index contributed by atoms with van der Waals surface area (Å²) in [5.74, 6) is 2.95. The number of likely N-dealkylation sites (tertiary alicyclic amines) is 1. The molecule has 2 saturated heterocycles. The number of urea groups is 1. The zero-order chi connectivity index (χ0) is 61.4. The Bertz CT molecular complexity index is 2500. The van der Waals surface area contributed by atoms with E-state index < -0.39 is 0 Å². The predicted octanol–water partition coefficient (Wildman–Crippen LogP) is 24.7. The highest BCUT2D eigenvalue weighted by Crippen LogP contribution is 2.39. The van der Waals surface area contributed by atoms with Gasteiger partial charge in [0.1, 0.15) is 5.82 Å². The number of carbonyl (C=O) groups is 1. The second-order valence-corrected chi connectivity index (χ2v) is 31.0. The number of hydrogen-bond acceptors (Lipinski definition) is 5. The number of rotatable bonds is 7. The Kier molecular flexibility index (Phi) is 47.1. The van der Waals surface area contributed by atoms with E-state index in [1.807, 2.05) is 29.6 Å². The van der Waals surface area contributed by atoms with E-state index in [2.05, 4.69) is 273 Å². The normalized spacial score (nSPS) is 13.9. The van der Waals surface area contributed by atoms with Crippen molar-refractivity contribution in [3.05, 3.63) is 162 Å². The third-order valence-electron chi connectivity index (χ3n) is 14.8. The Labute approximate surface area is 561 Å². The molecule has 9 rings (SSSR count). The van der Waals surface area contributed by atoms with Crippen LogP contribution in [-0.2, 0) is 28.2 Å². The van der Waals surface area contributed by atoms with Crippen molar-refractivity contribution in [1.82, 2.24) is 35.1 Å². The third-order valence-corrected chi connectivity index (χ3v) is 14.8. The molecule has 6 aromatic rings. The third kappa shape index (κ3) is 41.9. The number of hydrogen-bond donors (Lipinski definition) is 2. The van der Waals surface area contributed by atoms with Gasteiger partial charge in [-0.2, -0.15) is 0 Å². The highest BCUT2D eigenvalue weighted by molar-refractivity contribution is 5.83. The van der Waals surface area contributed by atoms with Crippen molar-refractivity contribution in [3.63, 3.8) is 0 Å². The van der Waals surface area contributed by atoms with Gasteiger partial charge in [0.2, 0.25) is 0 Å². The number of nitrogens with zero attached hydrogens (tertiary/aromatic N) is 5. The molecule has 0 bridgehead atoms. The van der Waals surface area contributed by atoms with Crippen molar-refractivity contribution in [1.29, 1.82) is 0 Å². The average Bonchev–Trinajstić information content (AvgIpc) is 1.97. The molecule has 5 heterocycles. The molecular weight excluding hydrogens is 1100 g/mol. The molecule has 0 radical (unpaired) electrons. The first kappa shape index (κ1) is 95.8. The molecule has 8 heteroatoms. The Morgan fingerprint density at radius 2 is 0.956 bits per heavy atom. The lowest BCUT2D eigenvalue weighted by Gasteiger charge is -2.33. The van der Waals surface area contributed by atoms with Gasteiger partial charge in [-0.15, -0.1) is 0 Å². The molecule has 3 aliphatic rings. The summed E-state index contributed by atoms with van der Waals surface area (Å²) in [7, 11) is 0. The summed E-state index contributed by atoms with van der Waals surface area (Å²) in [5, 5.41) is 4.14. The summed E-state index contributed by atoms with van der Waals surface area (Å²) in [4.78, 5) is 31.1. The van der Waals surface area contributed by atoms with Gasteiger partial charge < -0.3 is 15.2 Å². The van der Waals surface area contributed by atoms with Crippen LogP contribution in [0.5, 0.6) is 0 Å². The molecule has 3 aromatic carbocycles. The van der Waals surface area contributed by atoms with Crippen LogP contribution >= 0.6 is 0 Å². The fourth-order valence-corrected chi connectivity index (χ4v) is 9.51. The molecule has 518 valence electrons. The molecule has 0 spiro atoms. The van der Waals surface area contributed by atoms with E-state index in [0.717, 1.165) is 50.3 Å². The number of aromatic nitrogens is 4. The van der Waals surface area contributed by atoms with Crippen LogP contribution in [0.15, 0.2) is 134 Å². The number of fused-ring (bicyclic) bond motifs is 1. The van der Waals surface area contributed by atoms with E-state index in [-0.39, 0.29) is 81.7 Å². The Hall–Kier alpha value is -5.34. The lowest BCUT2D eigenvalue weighted by Crippen LogP contribution is -2.33. The summed E-state index contributed by atoms with van der Waals surface area (Å²) >= 11 is 0. The van der Waals surface area contributed by atoms with Crippen LogP contribution < -0.4 is 5.32 Å². The minimum atomic E-state index is 0. The van der Waals surface area contributed by atoms with Gasteiger partial charge in [0.15, 0.2) is 0 Å². The number of piperidine rings is 1. The summed E-state index contributed by atoms with van der Waals surface area (Å²) in [6.07, 6.45) is 20.3. The van der Waals surface area contributed by atoms with E-state index in [9.17, 15) is 4.79 Å². The summed E-state index contributed by atoms with van der Waals surface area (Å²) in [6.45, 7) is 53.2. The minimum Gasteiger partial charge on any atom is -0.361 e. The van der Waals surface area contributed by atoms with Crippen molar-refractivity contribution >= 4 is 16.9 Å². The first-order valence-corrected chi connectivity index (χ1v) is 31.1. The maximum atomic E-state index is 11.1. The van der Waals surface area contributed by atoms with Crippen molar-refractivity contribution in [2.24, 2.45) is 28.1 Å². The van der Waals surface area contributed by atoms with Crippen molar-refractivity contribution in [2.45, 2.75) is 284 Å². The second-order valence-electron chi connectivity index (χ2n) is 31.0. The fraction of sp³-hybridized carbons (Fsp3) is 0.634. The van der Waals surface area contributed by atoms with E-state index in [1.165, 1.54) is 91.2 Å². The van der Waals surface area contributed by atoms with Crippen LogP contribution in [-0.4, -0.2) is 68.5 Å². The highest BCUT2D eigenvalue weighted by atomic mass is 16.2. The van der Waals surface area contributed by atoms with Crippen LogP contribution in [0, 0.1) is 28.1 Å². The van der Waals surface area contributed by atoms with Gasteiger partial charge in [-0.05, 0) is 149 Å². The van der Waals surface area contributed by atoms with Crippen LogP contribution in [0.1, 0.15) is 284 Å². The number of pyridine rings is 1. The molecule has 3 aromatic heterocycles. The van der Waals surface area contributed by atoms with Gasteiger partial charge in [0.05, 0.1) is 0 Å². The van der Waals surface area contributed by atoms with Gasteiger partial charge in [-0.3, -0.25) is 9.88 Å². The van der Waals surface area contributed by atoms with Gasteiger partial charge in [-0.1, -0.05) is 290 Å². The molecule has 0 unspecified atom stereocenters. The number of carbonyl (C=O) groups excluding carboxylic acids is 1. The molecule has 2 N–H and O–H groups in total. The van der Waals surface area contributed by atoms with Crippen LogP contribution in [0.25, 0.3) is 10.9 Å². The Balaban J connectivity index is -0.000000229. The van der Waals surface area contributed by atoms with Gasteiger partial charge in [-0.25, -0.2) is 14.8 Å². The maximum Gasteiger partial charge on any atom is 0.317 e. The quantitative estimate of drug-likeness (QED) is 0.166. The first-order chi connectivity index (χ1) is 38.0. The SMILES string of the molecule is C.C.C.C.C.C.C.C.CC(C)(C)CC1CC1.CC(C)(C)CCC1CCN(Cc2ccccc2)CC1.CC(C)(C)CCN1CCNC1=O.CC(C)(C)c1cccc2[nH]ccc12.CC(C)(C)c1ccccc1.CC(C)(C)c1ccncc1.CC(C)(C)c1ncccn1. The number of H-pyrrole nitrogens is 1. The molecule has 1 aliphatic carbocycles. The number of nitrogens with one attached hydrogen (secondary N) is 2. The molecule has 90 heavy (non-hydrogen) atoms. The van der Waals surface area contributed by atoms with Crippen LogP contribution in [0.2, 0.25) is 0 Å². The van der Waals surface area contributed by atoms with Crippen LogP contribution in [0.4, 0.5) is 4.79 Å². The zero-order valence-electron chi connectivity index (χ0n) is 55.9. The second kappa shape index (κ2) is 44.2. The molecular formula is C82H149N7O. The molecule has 1 saturated carbocycles. The lowest BCUT2D eigenvalue weighted by molar-refractivity contribution is 0.162. The Morgan fingerprint density at radius 3 is 1.33 bits per heavy atom. The smallest absolute Gasteiger partial charge is 0.317 e. The van der Waals surface area contributed by atoms with Gasteiger partial charge in [0.25, 0.3) is 0 Å². The highest BCUT2D eigenvalue weighted by Gasteiger charge is 2.27. The van der Waals surface area contributed by atoms with Crippen molar-refractivity contribution in [2.75, 3.05) is 32.7 Å². The van der Waals surface area contributed by atoms with E-state index in [0.29, 0.717) is 21.7 Å². The van der Waals surface area contributed by atoms with E-state index in [1.54, 1.807) is 12.4 Å². The van der Waals surface area contributed by atoms with Crippen molar-refractivity contribution < 1.29 is 4.79 Å². The summed E-state index contributed by atoms with van der Waals surface area (Å²) in [5.41, 5.74) is 9.07. The molecule has 3 fully saturated rings. The average molecular weight is 1250 g/mol. The number of aromatic amines is 1. The minimum absolute atomic E-state index is 0. The predicted molar refractivity (Wildman–Crippen MR) is 409 cm³/mol. The molecule has 2 aliphatic heterocycles. The summed E-state index contributed by atoms with van der Waals surface area (Å²) in [6, 6.07) is 36.0. The largest absolute Gasteiger partial charge is 0.361 e. The van der Waals surface area contributed by atoms with Gasteiger partial charge >= 0.3 is 6.03 Å². The topological polar surface area (TPSA) is 90.0 Å². The maximum absolute atomic E-state index is 11.1. The lowest BCUT2D eigenvalue weighted by atomic mass is 9.83. The fourth-order valence-electron chi connectivity index (χ4n) is 9.51. The van der Waals surface area contributed by atoms with E-state index >= 15 is 0 Å². The Morgan fingerprint density at radius 1 is 0.467 bits per heavy atom. The first-order valence-electron chi connectivity index (χ1n) is 31.1. The van der Waals surface area contributed by atoms with Crippen LogP contribution in [0.3, 0.4) is 0 Å². The molecule has 8 nitrogen and oxygen atoms in total. The molecule has 2 amide bonds. The van der Waals surface area contributed by atoms with Crippen molar-refractivity contribution in [3.8, 4) is 0 Å². The van der Waals surface area contributed by atoms with Gasteiger partial charge in [0, 0.05) is 73.5 Å². The molecule has 0 atom stereocenters.